The summed E-state index contributed by atoms with van der Waals surface area (Å²) in [6, 6.07) is 19.6. The highest BCUT2D eigenvalue weighted by atomic mass is 35.5. The Hall–Kier alpha value is -2.41. The number of rotatable bonds is 4. The lowest BCUT2D eigenvalue weighted by molar-refractivity contribution is 0.601. The van der Waals surface area contributed by atoms with Crippen molar-refractivity contribution < 1.29 is 8.42 Å². The normalized spacial score (nSPS) is 11.6. The summed E-state index contributed by atoms with van der Waals surface area (Å²) in [5, 5.41) is 1.40. The monoisotopic (exact) mass is 414 g/mol. The number of nitrogens with one attached hydrogen (secondary N) is 1. The van der Waals surface area contributed by atoms with E-state index >= 15 is 0 Å². The van der Waals surface area contributed by atoms with Crippen molar-refractivity contribution in [3.05, 3.63) is 77.3 Å². The summed E-state index contributed by atoms with van der Waals surface area (Å²) in [5.41, 5.74) is 3.28. The summed E-state index contributed by atoms with van der Waals surface area (Å²) in [5.74, 6) is 0. The van der Waals surface area contributed by atoms with Gasteiger partial charge in [0.1, 0.15) is 5.01 Å². The van der Waals surface area contributed by atoms with E-state index in [2.05, 4.69) is 9.71 Å². The summed E-state index contributed by atoms with van der Waals surface area (Å²) in [6.45, 7) is 1.87. The van der Waals surface area contributed by atoms with Crippen molar-refractivity contribution in [3.8, 4) is 10.6 Å². The number of hydrogen-bond acceptors (Lipinski definition) is 4. The topological polar surface area (TPSA) is 59.1 Å². The van der Waals surface area contributed by atoms with Gasteiger partial charge in [0.15, 0.2) is 0 Å². The smallest absolute Gasteiger partial charge is 0.261 e. The lowest BCUT2D eigenvalue weighted by Crippen LogP contribution is -2.13. The predicted molar refractivity (Wildman–Crippen MR) is 112 cm³/mol. The van der Waals surface area contributed by atoms with Crippen LogP contribution in [0.15, 0.2) is 71.6 Å². The van der Waals surface area contributed by atoms with Gasteiger partial charge in [0.25, 0.3) is 10.0 Å². The maximum atomic E-state index is 12.6. The van der Waals surface area contributed by atoms with Crippen LogP contribution in [-0.2, 0) is 10.0 Å². The number of aryl methyl sites for hydroxylation is 1. The van der Waals surface area contributed by atoms with Crippen LogP contribution in [0.4, 0.5) is 5.69 Å². The van der Waals surface area contributed by atoms with Crippen LogP contribution in [0.5, 0.6) is 0 Å². The van der Waals surface area contributed by atoms with E-state index in [1.165, 1.54) is 12.1 Å². The molecule has 4 rings (SSSR count). The third-order valence-corrected chi connectivity index (χ3v) is 6.85. The number of nitrogens with zero attached hydrogens (tertiary/aromatic N) is 1. The fourth-order valence-corrected chi connectivity index (χ4v) is 4.94. The maximum Gasteiger partial charge on any atom is 0.261 e. The zero-order chi connectivity index (χ0) is 19.0. The lowest BCUT2D eigenvalue weighted by Gasteiger charge is -2.11. The molecule has 0 saturated carbocycles. The van der Waals surface area contributed by atoms with Gasteiger partial charge in [-0.3, -0.25) is 4.72 Å². The first-order valence-electron chi connectivity index (χ1n) is 8.17. The summed E-state index contributed by atoms with van der Waals surface area (Å²) in [4.78, 5) is 4.82. The van der Waals surface area contributed by atoms with E-state index in [1.54, 1.807) is 29.5 Å². The van der Waals surface area contributed by atoms with Gasteiger partial charge in [0.2, 0.25) is 0 Å². The second kappa shape index (κ2) is 6.96. The molecule has 1 N–H and O–H groups in total. The molecule has 1 aromatic heterocycles. The standard InChI is InChI=1S/C20H15ClN2O2S2/c1-13-12-14(20-22-18-4-2-3-5-19(18)26-20)6-11-17(13)23-27(24,25)16-9-7-15(21)8-10-16/h2-12,23H,1H3. The van der Waals surface area contributed by atoms with Crippen molar-refractivity contribution in [2.24, 2.45) is 0 Å². The van der Waals surface area contributed by atoms with E-state index in [0.717, 1.165) is 26.4 Å². The fourth-order valence-electron chi connectivity index (χ4n) is 2.72. The molecule has 0 radical (unpaired) electrons. The van der Waals surface area contributed by atoms with Gasteiger partial charge in [-0.1, -0.05) is 23.7 Å². The number of sulfonamides is 1. The average Bonchev–Trinajstić information content (AvgIpc) is 3.08. The van der Waals surface area contributed by atoms with Crippen LogP contribution in [0.3, 0.4) is 0 Å². The molecule has 3 aromatic carbocycles. The molecule has 4 aromatic rings. The lowest BCUT2D eigenvalue weighted by atomic mass is 10.1. The number of para-hydroxylation sites is 1. The predicted octanol–water partition coefficient (Wildman–Crippen LogP) is 5.73. The highest BCUT2D eigenvalue weighted by Gasteiger charge is 2.16. The van der Waals surface area contributed by atoms with Crippen LogP contribution in [0.2, 0.25) is 5.02 Å². The first kappa shape index (κ1) is 18.0. The number of anilines is 1. The first-order chi connectivity index (χ1) is 12.9. The van der Waals surface area contributed by atoms with Crippen molar-refractivity contribution >= 4 is 48.9 Å². The molecule has 0 fully saturated rings. The van der Waals surface area contributed by atoms with Gasteiger partial charge < -0.3 is 0 Å². The molecule has 0 aliphatic carbocycles. The van der Waals surface area contributed by atoms with Crippen molar-refractivity contribution in [3.63, 3.8) is 0 Å². The van der Waals surface area contributed by atoms with Gasteiger partial charge in [-0.05, 0) is 67.1 Å². The van der Waals surface area contributed by atoms with E-state index in [-0.39, 0.29) is 4.90 Å². The first-order valence-corrected chi connectivity index (χ1v) is 10.9. The highest BCUT2D eigenvalue weighted by molar-refractivity contribution is 7.92. The largest absolute Gasteiger partial charge is 0.279 e. The molecular weight excluding hydrogens is 400 g/mol. The zero-order valence-electron chi connectivity index (χ0n) is 14.3. The minimum atomic E-state index is -3.67. The SMILES string of the molecule is Cc1cc(-c2nc3ccccc3s2)ccc1NS(=O)(=O)c1ccc(Cl)cc1. The van der Waals surface area contributed by atoms with Gasteiger partial charge in [0.05, 0.1) is 20.8 Å². The number of fused-ring (bicyclic) bond motifs is 1. The molecule has 0 unspecified atom stereocenters. The van der Waals surface area contributed by atoms with Crippen molar-refractivity contribution in [1.82, 2.24) is 4.98 Å². The Morgan fingerprint density at radius 3 is 2.44 bits per heavy atom. The number of halogens is 1. The van der Waals surface area contributed by atoms with Crippen LogP contribution in [0.25, 0.3) is 20.8 Å². The van der Waals surface area contributed by atoms with Gasteiger partial charge >= 0.3 is 0 Å². The quantitative estimate of drug-likeness (QED) is 0.464. The molecule has 7 heteroatoms. The number of thiazole rings is 1. The Balaban J connectivity index is 1.64. The minimum absolute atomic E-state index is 0.168. The zero-order valence-corrected chi connectivity index (χ0v) is 16.7. The Morgan fingerprint density at radius 2 is 1.74 bits per heavy atom. The Bertz CT molecular complexity index is 1200. The summed E-state index contributed by atoms with van der Waals surface area (Å²) in [6.07, 6.45) is 0. The van der Waals surface area contributed by atoms with Gasteiger partial charge in [-0.2, -0.15) is 0 Å². The third kappa shape index (κ3) is 3.69. The molecule has 136 valence electrons. The summed E-state index contributed by atoms with van der Waals surface area (Å²) in [7, 11) is -3.67. The van der Waals surface area contributed by atoms with Crippen LogP contribution >= 0.6 is 22.9 Å². The number of hydrogen-bond donors (Lipinski definition) is 1. The second-order valence-corrected chi connectivity index (χ2v) is 9.23. The molecule has 0 bridgehead atoms. The van der Waals surface area contributed by atoms with E-state index < -0.39 is 10.0 Å². The molecule has 0 aliphatic heterocycles. The van der Waals surface area contributed by atoms with Gasteiger partial charge in [0, 0.05) is 10.6 Å². The fraction of sp³-hybridized carbons (Fsp3) is 0.0500. The van der Waals surface area contributed by atoms with Crippen LogP contribution in [-0.4, -0.2) is 13.4 Å². The number of benzene rings is 3. The van der Waals surface area contributed by atoms with Gasteiger partial charge in [-0.25, -0.2) is 13.4 Å². The van der Waals surface area contributed by atoms with E-state index in [1.807, 2.05) is 43.3 Å². The molecule has 4 nitrogen and oxygen atoms in total. The molecule has 0 amide bonds. The van der Waals surface area contributed by atoms with Crippen molar-refractivity contribution in [1.29, 1.82) is 0 Å². The second-order valence-electron chi connectivity index (χ2n) is 6.08. The molecular formula is C20H15ClN2O2S2. The molecule has 0 atom stereocenters. The van der Waals surface area contributed by atoms with E-state index in [4.69, 9.17) is 11.6 Å². The van der Waals surface area contributed by atoms with E-state index in [0.29, 0.717) is 10.7 Å². The molecule has 27 heavy (non-hydrogen) atoms. The Labute approximate surface area is 166 Å². The van der Waals surface area contributed by atoms with E-state index in [9.17, 15) is 8.42 Å². The average molecular weight is 415 g/mol. The van der Waals surface area contributed by atoms with Gasteiger partial charge in [-0.15, -0.1) is 11.3 Å². The summed E-state index contributed by atoms with van der Waals surface area (Å²) >= 11 is 7.45. The Morgan fingerprint density at radius 1 is 1.00 bits per heavy atom. The van der Waals surface area contributed by atoms with Crippen molar-refractivity contribution in [2.75, 3.05) is 4.72 Å². The Kier molecular flexibility index (Phi) is 4.63. The molecule has 0 saturated heterocycles. The molecule has 1 heterocycles. The number of aromatic nitrogens is 1. The van der Waals surface area contributed by atoms with Crippen molar-refractivity contribution in [2.45, 2.75) is 11.8 Å². The molecule has 0 aliphatic rings. The molecule has 0 spiro atoms. The maximum absolute atomic E-state index is 12.6. The van der Waals surface area contributed by atoms with Crippen LogP contribution in [0.1, 0.15) is 5.56 Å². The minimum Gasteiger partial charge on any atom is -0.279 e. The highest BCUT2D eigenvalue weighted by Crippen LogP contribution is 2.32. The summed E-state index contributed by atoms with van der Waals surface area (Å²) < 4.78 is 28.9. The van der Waals surface area contributed by atoms with Crippen LogP contribution in [0, 0.1) is 6.92 Å². The third-order valence-electron chi connectivity index (χ3n) is 4.14. The van der Waals surface area contributed by atoms with Crippen LogP contribution < -0.4 is 4.72 Å².